The molecule has 6 heteroatoms. The van der Waals surface area contributed by atoms with Gasteiger partial charge in [0.2, 0.25) is 5.91 Å². The molecule has 1 heterocycles. The molecule has 1 aromatic rings. The SMILES string of the molecule is Cl.NCCNC(=O)C1CCCN(C(=O)c2ccc(C3CCCCC3)cc2)C1. The Hall–Kier alpha value is -1.59. The smallest absolute Gasteiger partial charge is 0.253 e. The number of nitrogens with two attached hydrogens (primary N) is 1. The lowest BCUT2D eigenvalue weighted by Crippen LogP contribution is -2.46. The summed E-state index contributed by atoms with van der Waals surface area (Å²) in [5.74, 6) is 0.580. The van der Waals surface area contributed by atoms with E-state index in [1.807, 2.05) is 17.0 Å². The number of amides is 2. The van der Waals surface area contributed by atoms with Gasteiger partial charge < -0.3 is 16.0 Å². The zero-order valence-electron chi connectivity index (χ0n) is 16.0. The summed E-state index contributed by atoms with van der Waals surface area (Å²) in [5.41, 5.74) is 7.53. The van der Waals surface area contributed by atoms with Gasteiger partial charge in [0.1, 0.15) is 0 Å². The van der Waals surface area contributed by atoms with Crippen LogP contribution in [-0.2, 0) is 4.79 Å². The number of rotatable bonds is 5. The van der Waals surface area contributed by atoms with Crippen molar-refractivity contribution in [3.05, 3.63) is 35.4 Å². The van der Waals surface area contributed by atoms with Crippen LogP contribution in [0.15, 0.2) is 24.3 Å². The van der Waals surface area contributed by atoms with Crippen LogP contribution in [0.3, 0.4) is 0 Å². The first-order valence-electron chi connectivity index (χ1n) is 10.1. The normalized spacial score (nSPS) is 20.6. The second kappa shape index (κ2) is 10.7. The number of nitrogens with one attached hydrogen (secondary N) is 1. The Morgan fingerprint density at radius 1 is 1.04 bits per heavy atom. The minimum Gasteiger partial charge on any atom is -0.355 e. The summed E-state index contributed by atoms with van der Waals surface area (Å²) in [7, 11) is 0. The molecule has 0 bridgehead atoms. The Morgan fingerprint density at radius 2 is 1.74 bits per heavy atom. The van der Waals surface area contributed by atoms with Gasteiger partial charge in [-0.05, 0) is 49.3 Å². The van der Waals surface area contributed by atoms with E-state index in [2.05, 4.69) is 17.4 Å². The summed E-state index contributed by atoms with van der Waals surface area (Å²) in [6.45, 7) is 2.16. The largest absolute Gasteiger partial charge is 0.355 e. The molecule has 1 unspecified atom stereocenters. The van der Waals surface area contributed by atoms with Gasteiger partial charge in [-0.3, -0.25) is 9.59 Å². The maximum atomic E-state index is 12.8. The molecule has 2 fully saturated rings. The molecule has 1 atom stereocenters. The predicted octanol–water partition coefficient (Wildman–Crippen LogP) is 3.08. The molecule has 27 heavy (non-hydrogen) atoms. The molecule has 150 valence electrons. The van der Waals surface area contributed by atoms with Crippen molar-refractivity contribution in [1.29, 1.82) is 0 Å². The molecule has 0 spiro atoms. The molecule has 5 nitrogen and oxygen atoms in total. The number of likely N-dealkylation sites (tertiary alicyclic amines) is 1. The molecule has 2 aliphatic rings. The van der Waals surface area contributed by atoms with Crippen LogP contribution in [0.5, 0.6) is 0 Å². The van der Waals surface area contributed by atoms with Crippen molar-refractivity contribution in [1.82, 2.24) is 10.2 Å². The van der Waals surface area contributed by atoms with Crippen LogP contribution in [0.2, 0.25) is 0 Å². The van der Waals surface area contributed by atoms with Gasteiger partial charge in [-0.25, -0.2) is 0 Å². The Balaban J connectivity index is 0.00000261. The average molecular weight is 394 g/mol. The van der Waals surface area contributed by atoms with Crippen LogP contribution in [-0.4, -0.2) is 42.9 Å². The van der Waals surface area contributed by atoms with Crippen molar-refractivity contribution < 1.29 is 9.59 Å². The van der Waals surface area contributed by atoms with Crippen molar-refractivity contribution in [2.24, 2.45) is 11.7 Å². The Labute approximate surface area is 168 Å². The van der Waals surface area contributed by atoms with Gasteiger partial charge in [-0.2, -0.15) is 0 Å². The molecule has 1 saturated carbocycles. The van der Waals surface area contributed by atoms with Gasteiger partial charge in [0.15, 0.2) is 0 Å². The van der Waals surface area contributed by atoms with Crippen LogP contribution < -0.4 is 11.1 Å². The lowest BCUT2D eigenvalue weighted by atomic mass is 9.84. The van der Waals surface area contributed by atoms with Gasteiger partial charge in [0.25, 0.3) is 5.91 Å². The summed E-state index contributed by atoms with van der Waals surface area (Å²) < 4.78 is 0. The predicted molar refractivity (Wildman–Crippen MR) is 110 cm³/mol. The van der Waals surface area contributed by atoms with E-state index in [1.54, 1.807) is 0 Å². The number of halogens is 1. The summed E-state index contributed by atoms with van der Waals surface area (Å²) in [4.78, 5) is 26.8. The first-order valence-corrected chi connectivity index (χ1v) is 10.1. The van der Waals surface area contributed by atoms with E-state index in [1.165, 1.54) is 37.7 Å². The minimum absolute atomic E-state index is 0. The fourth-order valence-corrected chi connectivity index (χ4v) is 4.23. The molecular formula is C21H32ClN3O2. The molecule has 1 aliphatic carbocycles. The average Bonchev–Trinajstić information content (AvgIpc) is 2.72. The van der Waals surface area contributed by atoms with Crippen LogP contribution in [0.1, 0.15) is 66.8 Å². The molecule has 0 radical (unpaired) electrons. The van der Waals surface area contributed by atoms with E-state index in [0.717, 1.165) is 24.9 Å². The third kappa shape index (κ3) is 5.69. The summed E-state index contributed by atoms with van der Waals surface area (Å²) >= 11 is 0. The van der Waals surface area contributed by atoms with E-state index >= 15 is 0 Å². The lowest BCUT2D eigenvalue weighted by Gasteiger charge is -2.32. The van der Waals surface area contributed by atoms with Crippen LogP contribution in [0.4, 0.5) is 0 Å². The summed E-state index contributed by atoms with van der Waals surface area (Å²) in [6.07, 6.45) is 8.20. The number of piperidine rings is 1. The molecule has 3 N–H and O–H groups in total. The quantitative estimate of drug-likeness (QED) is 0.807. The van der Waals surface area contributed by atoms with E-state index in [-0.39, 0.29) is 30.1 Å². The van der Waals surface area contributed by atoms with Crippen molar-refractivity contribution in [2.75, 3.05) is 26.2 Å². The van der Waals surface area contributed by atoms with Crippen molar-refractivity contribution in [3.8, 4) is 0 Å². The highest BCUT2D eigenvalue weighted by Gasteiger charge is 2.28. The second-order valence-corrected chi connectivity index (χ2v) is 7.63. The molecule has 0 aromatic heterocycles. The number of benzene rings is 1. The molecular weight excluding hydrogens is 362 g/mol. The lowest BCUT2D eigenvalue weighted by molar-refractivity contribution is -0.126. The van der Waals surface area contributed by atoms with Crippen LogP contribution in [0, 0.1) is 5.92 Å². The molecule has 1 saturated heterocycles. The Morgan fingerprint density at radius 3 is 2.41 bits per heavy atom. The van der Waals surface area contributed by atoms with Crippen molar-refractivity contribution >= 4 is 24.2 Å². The maximum Gasteiger partial charge on any atom is 0.253 e. The number of hydrogen-bond acceptors (Lipinski definition) is 3. The first-order chi connectivity index (χ1) is 12.7. The fraction of sp³-hybridized carbons (Fsp3) is 0.619. The van der Waals surface area contributed by atoms with Gasteiger partial charge >= 0.3 is 0 Å². The second-order valence-electron chi connectivity index (χ2n) is 7.63. The minimum atomic E-state index is -0.124. The third-order valence-electron chi connectivity index (χ3n) is 5.76. The van der Waals surface area contributed by atoms with Crippen molar-refractivity contribution in [3.63, 3.8) is 0 Å². The number of hydrogen-bond donors (Lipinski definition) is 2. The van der Waals surface area contributed by atoms with E-state index < -0.39 is 0 Å². The van der Waals surface area contributed by atoms with Crippen molar-refractivity contribution in [2.45, 2.75) is 50.9 Å². The van der Waals surface area contributed by atoms with E-state index in [0.29, 0.717) is 25.6 Å². The highest BCUT2D eigenvalue weighted by Crippen LogP contribution is 2.32. The highest BCUT2D eigenvalue weighted by molar-refractivity contribution is 5.94. The summed E-state index contributed by atoms with van der Waals surface area (Å²) in [5, 5.41) is 2.84. The first kappa shape index (κ1) is 21.7. The number of carbonyl (C=O) groups excluding carboxylic acids is 2. The van der Waals surface area contributed by atoms with Gasteiger partial charge in [-0.15, -0.1) is 12.4 Å². The zero-order chi connectivity index (χ0) is 18.4. The molecule has 3 rings (SSSR count). The maximum absolute atomic E-state index is 12.8. The standard InChI is InChI=1S/C21H31N3O2.ClH/c22-12-13-23-20(25)19-7-4-14-24(15-19)21(26)18-10-8-17(9-11-18)16-5-2-1-3-6-16;/h8-11,16,19H,1-7,12-15,22H2,(H,23,25);1H. The topological polar surface area (TPSA) is 75.4 Å². The molecule has 2 amide bonds. The Kier molecular flexibility index (Phi) is 8.58. The van der Waals surface area contributed by atoms with Crippen LogP contribution in [0.25, 0.3) is 0 Å². The molecule has 1 aliphatic heterocycles. The monoisotopic (exact) mass is 393 g/mol. The highest BCUT2D eigenvalue weighted by atomic mass is 35.5. The number of carbonyl (C=O) groups is 2. The molecule has 1 aromatic carbocycles. The van der Waals surface area contributed by atoms with Gasteiger partial charge in [-0.1, -0.05) is 31.4 Å². The summed E-state index contributed by atoms with van der Waals surface area (Å²) in [6, 6.07) is 8.17. The third-order valence-corrected chi connectivity index (χ3v) is 5.76. The van der Waals surface area contributed by atoms with Gasteiger partial charge in [0.05, 0.1) is 5.92 Å². The fourth-order valence-electron chi connectivity index (χ4n) is 4.23. The number of nitrogens with zero attached hydrogens (tertiary/aromatic N) is 1. The van der Waals surface area contributed by atoms with E-state index in [9.17, 15) is 9.59 Å². The van der Waals surface area contributed by atoms with Gasteiger partial charge in [0, 0.05) is 31.7 Å². The Bertz CT molecular complexity index is 614. The van der Waals surface area contributed by atoms with E-state index in [4.69, 9.17) is 5.73 Å². The zero-order valence-corrected chi connectivity index (χ0v) is 16.8. The van der Waals surface area contributed by atoms with Crippen LogP contribution >= 0.6 is 12.4 Å².